The first-order valence-corrected chi connectivity index (χ1v) is 11.6. The normalized spacial score (nSPS) is 14.5. The van der Waals surface area contributed by atoms with E-state index in [-0.39, 0.29) is 11.6 Å². The second kappa shape index (κ2) is 11.1. The first-order valence-electron chi connectivity index (χ1n) is 11.6. The molecule has 8 nitrogen and oxygen atoms in total. The number of anilines is 1. The van der Waals surface area contributed by atoms with E-state index < -0.39 is 11.5 Å². The lowest BCUT2D eigenvalue weighted by molar-refractivity contribution is 0.0949. The molecule has 1 aromatic heterocycles. The third-order valence-corrected chi connectivity index (χ3v) is 6.08. The van der Waals surface area contributed by atoms with Gasteiger partial charge in [-0.2, -0.15) is 0 Å². The number of carbonyl (C=O) groups excluding carboxylic acids is 1. The quantitative estimate of drug-likeness (QED) is 0.535. The Kier molecular flexibility index (Phi) is 7.72. The molecule has 1 aliphatic heterocycles. The van der Waals surface area contributed by atoms with Gasteiger partial charge in [-0.15, -0.1) is 0 Å². The van der Waals surface area contributed by atoms with Crippen LogP contribution in [0.4, 0.5) is 5.95 Å². The number of rotatable bonds is 8. The Morgan fingerprint density at radius 2 is 1.59 bits per heavy atom. The van der Waals surface area contributed by atoms with Gasteiger partial charge in [-0.05, 0) is 25.2 Å². The minimum atomic E-state index is -0.416. The summed E-state index contributed by atoms with van der Waals surface area (Å²) < 4.78 is 0. The van der Waals surface area contributed by atoms with Gasteiger partial charge in [0.1, 0.15) is 5.56 Å². The molecule has 0 bridgehead atoms. The van der Waals surface area contributed by atoms with Gasteiger partial charge in [0.15, 0.2) is 0 Å². The van der Waals surface area contributed by atoms with E-state index in [0.29, 0.717) is 19.0 Å². The second-order valence-corrected chi connectivity index (χ2v) is 8.76. The maximum atomic E-state index is 12.6. The molecule has 1 amide bonds. The first-order chi connectivity index (χ1) is 16.5. The van der Waals surface area contributed by atoms with Crippen LogP contribution in [0.5, 0.6) is 0 Å². The van der Waals surface area contributed by atoms with Crippen LogP contribution in [0.1, 0.15) is 27.5 Å². The number of aromatic amines is 1. The predicted molar refractivity (Wildman–Crippen MR) is 134 cm³/mol. The highest BCUT2D eigenvalue weighted by Gasteiger charge is 2.27. The molecule has 1 aliphatic rings. The fraction of sp³-hybridized carbons (Fsp3) is 0.346. The number of hydrogen-bond donors (Lipinski definition) is 2. The fourth-order valence-corrected chi connectivity index (χ4v) is 4.27. The number of amides is 1. The van der Waals surface area contributed by atoms with Crippen molar-refractivity contribution >= 4 is 11.9 Å². The van der Waals surface area contributed by atoms with Gasteiger partial charge in [0.05, 0.1) is 6.04 Å². The van der Waals surface area contributed by atoms with Gasteiger partial charge in [0.2, 0.25) is 5.95 Å². The average Bonchev–Trinajstić information content (AvgIpc) is 2.85. The van der Waals surface area contributed by atoms with Gasteiger partial charge >= 0.3 is 0 Å². The maximum absolute atomic E-state index is 12.6. The van der Waals surface area contributed by atoms with Crippen LogP contribution in [-0.4, -0.2) is 79.0 Å². The van der Waals surface area contributed by atoms with Gasteiger partial charge in [-0.25, -0.2) is 4.98 Å². The number of nitrogens with one attached hydrogen (secondary N) is 2. The Morgan fingerprint density at radius 3 is 2.12 bits per heavy atom. The van der Waals surface area contributed by atoms with Crippen LogP contribution in [0.15, 0.2) is 71.7 Å². The number of piperazine rings is 1. The van der Waals surface area contributed by atoms with Gasteiger partial charge < -0.3 is 15.1 Å². The molecule has 0 radical (unpaired) electrons. The van der Waals surface area contributed by atoms with Crippen molar-refractivity contribution in [1.29, 1.82) is 0 Å². The van der Waals surface area contributed by atoms with E-state index in [1.165, 1.54) is 17.3 Å². The SMILES string of the molecule is CN(C)CCNC(=O)c1cnc(N2CCN(C(c3ccccc3)c3ccccc3)CC2)[nH]c1=O. The number of benzene rings is 2. The summed E-state index contributed by atoms with van der Waals surface area (Å²) in [7, 11) is 3.86. The lowest BCUT2D eigenvalue weighted by Gasteiger charge is -2.40. The summed E-state index contributed by atoms with van der Waals surface area (Å²) in [6.45, 7) is 4.28. The number of H-pyrrole nitrogens is 1. The third-order valence-electron chi connectivity index (χ3n) is 6.08. The molecule has 178 valence electrons. The number of hydrogen-bond acceptors (Lipinski definition) is 6. The van der Waals surface area contributed by atoms with Crippen LogP contribution < -0.4 is 15.8 Å². The minimum Gasteiger partial charge on any atom is -0.351 e. The molecule has 0 spiro atoms. The highest BCUT2D eigenvalue weighted by Crippen LogP contribution is 2.29. The Bertz CT molecular complexity index is 1090. The van der Waals surface area contributed by atoms with Gasteiger partial charge in [-0.3, -0.25) is 19.5 Å². The molecular weight excluding hydrogens is 428 g/mol. The lowest BCUT2D eigenvalue weighted by atomic mass is 9.96. The molecule has 0 aliphatic carbocycles. The van der Waals surface area contributed by atoms with Gasteiger partial charge in [0.25, 0.3) is 11.5 Å². The minimum absolute atomic E-state index is 0.0364. The summed E-state index contributed by atoms with van der Waals surface area (Å²) in [6.07, 6.45) is 1.38. The Labute approximate surface area is 200 Å². The predicted octanol–water partition coefficient (Wildman–Crippen LogP) is 1.97. The Balaban J connectivity index is 1.43. The standard InChI is InChI=1S/C26H32N6O2/c1-30(2)14-13-27-24(33)22-19-28-26(29-25(22)34)32-17-15-31(16-18-32)23(20-9-5-3-6-10-20)21-11-7-4-8-12-21/h3-12,19,23H,13-18H2,1-2H3,(H,27,33)(H,28,29,34). The Morgan fingerprint density at radius 1 is 1.00 bits per heavy atom. The van der Waals surface area contributed by atoms with Crippen molar-refractivity contribution < 1.29 is 4.79 Å². The summed E-state index contributed by atoms with van der Waals surface area (Å²) >= 11 is 0. The molecule has 0 unspecified atom stereocenters. The van der Waals surface area contributed by atoms with Crippen LogP contribution in [-0.2, 0) is 0 Å². The molecule has 3 aromatic rings. The topological polar surface area (TPSA) is 84.6 Å². The fourth-order valence-electron chi connectivity index (χ4n) is 4.27. The van der Waals surface area contributed by atoms with Crippen molar-refractivity contribution in [1.82, 2.24) is 25.1 Å². The molecule has 4 rings (SSSR count). The van der Waals surface area contributed by atoms with E-state index in [2.05, 4.69) is 73.6 Å². The number of aromatic nitrogens is 2. The summed E-state index contributed by atoms with van der Waals surface area (Å²) in [5, 5.41) is 2.76. The summed E-state index contributed by atoms with van der Waals surface area (Å²) in [5.74, 6) is 0.103. The van der Waals surface area contributed by atoms with Crippen molar-refractivity contribution in [3.8, 4) is 0 Å². The highest BCUT2D eigenvalue weighted by molar-refractivity contribution is 5.93. The first kappa shape index (κ1) is 23.7. The average molecular weight is 461 g/mol. The molecule has 8 heteroatoms. The van der Waals surface area contributed by atoms with Crippen LogP contribution in [0, 0.1) is 0 Å². The van der Waals surface area contributed by atoms with Crippen LogP contribution in [0.2, 0.25) is 0 Å². The van der Waals surface area contributed by atoms with E-state index in [4.69, 9.17) is 0 Å². The molecule has 2 heterocycles. The number of nitrogens with zero attached hydrogens (tertiary/aromatic N) is 4. The Hall–Kier alpha value is -3.49. The van der Waals surface area contributed by atoms with Gasteiger partial charge in [-0.1, -0.05) is 60.7 Å². The van der Waals surface area contributed by atoms with Crippen molar-refractivity contribution in [3.63, 3.8) is 0 Å². The smallest absolute Gasteiger partial charge is 0.265 e. The number of carbonyl (C=O) groups is 1. The zero-order valence-corrected chi connectivity index (χ0v) is 19.8. The van der Waals surface area contributed by atoms with Crippen molar-refractivity contribution in [2.45, 2.75) is 6.04 Å². The molecule has 0 atom stereocenters. The van der Waals surface area contributed by atoms with Crippen molar-refractivity contribution in [2.75, 3.05) is 58.3 Å². The molecule has 1 saturated heterocycles. The van der Waals surface area contributed by atoms with Gasteiger partial charge in [0, 0.05) is 45.5 Å². The highest BCUT2D eigenvalue weighted by atomic mass is 16.2. The van der Waals surface area contributed by atoms with E-state index >= 15 is 0 Å². The zero-order chi connectivity index (χ0) is 23.9. The summed E-state index contributed by atoms with van der Waals surface area (Å²) in [5.41, 5.74) is 2.15. The monoisotopic (exact) mass is 460 g/mol. The van der Waals surface area contributed by atoms with E-state index in [9.17, 15) is 9.59 Å². The molecule has 1 fully saturated rings. The van der Waals surface area contributed by atoms with E-state index in [0.717, 1.165) is 26.2 Å². The zero-order valence-electron chi connectivity index (χ0n) is 19.8. The van der Waals surface area contributed by atoms with Crippen LogP contribution in [0.25, 0.3) is 0 Å². The van der Waals surface area contributed by atoms with Crippen molar-refractivity contribution in [2.24, 2.45) is 0 Å². The molecule has 2 aromatic carbocycles. The lowest BCUT2D eigenvalue weighted by Crippen LogP contribution is -2.49. The largest absolute Gasteiger partial charge is 0.351 e. The second-order valence-electron chi connectivity index (χ2n) is 8.76. The van der Waals surface area contributed by atoms with Crippen LogP contribution >= 0.6 is 0 Å². The molecule has 34 heavy (non-hydrogen) atoms. The molecule has 2 N–H and O–H groups in total. The van der Waals surface area contributed by atoms with Crippen molar-refractivity contribution in [3.05, 3.63) is 93.9 Å². The summed E-state index contributed by atoms with van der Waals surface area (Å²) in [6, 6.07) is 21.2. The number of likely N-dealkylation sites (N-methyl/N-ethyl adjacent to an activating group) is 1. The molecular formula is C26H32N6O2. The summed E-state index contributed by atoms with van der Waals surface area (Å²) in [4.78, 5) is 38.6. The van der Waals surface area contributed by atoms with Crippen LogP contribution in [0.3, 0.4) is 0 Å². The third kappa shape index (κ3) is 5.70. The molecule has 0 saturated carbocycles. The maximum Gasteiger partial charge on any atom is 0.265 e. The van der Waals surface area contributed by atoms with E-state index in [1.807, 2.05) is 31.1 Å². The van der Waals surface area contributed by atoms with E-state index in [1.54, 1.807) is 0 Å².